The monoisotopic (exact) mass is 261 g/mol. The van der Waals surface area contributed by atoms with Gasteiger partial charge in [0.2, 0.25) is 10.0 Å². The SMILES string of the molecule is CNCCCCS(=O)(=O)NCCn1ccnn1. The topological polar surface area (TPSA) is 88.9 Å². The molecule has 0 atom stereocenters. The van der Waals surface area contributed by atoms with Gasteiger partial charge in [0.25, 0.3) is 0 Å². The zero-order valence-electron chi connectivity index (χ0n) is 9.96. The Kier molecular flexibility index (Phi) is 6.09. The van der Waals surface area contributed by atoms with Crippen molar-refractivity contribution in [2.45, 2.75) is 19.4 Å². The van der Waals surface area contributed by atoms with Crippen LogP contribution in [-0.4, -0.2) is 49.3 Å². The molecule has 0 aliphatic heterocycles. The van der Waals surface area contributed by atoms with E-state index < -0.39 is 10.0 Å². The summed E-state index contributed by atoms with van der Waals surface area (Å²) in [5, 5.41) is 10.4. The number of nitrogens with one attached hydrogen (secondary N) is 2. The summed E-state index contributed by atoms with van der Waals surface area (Å²) < 4.78 is 27.2. The lowest BCUT2D eigenvalue weighted by molar-refractivity contribution is 0.550. The largest absolute Gasteiger partial charge is 0.320 e. The van der Waals surface area contributed by atoms with Crippen LogP contribution in [0.25, 0.3) is 0 Å². The van der Waals surface area contributed by atoms with Crippen LogP contribution in [0, 0.1) is 0 Å². The van der Waals surface area contributed by atoms with Gasteiger partial charge in [-0.15, -0.1) is 5.10 Å². The van der Waals surface area contributed by atoms with Crippen LogP contribution in [0.1, 0.15) is 12.8 Å². The van der Waals surface area contributed by atoms with Crippen molar-refractivity contribution in [2.24, 2.45) is 0 Å². The van der Waals surface area contributed by atoms with Crippen molar-refractivity contribution in [3.63, 3.8) is 0 Å². The molecule has 8 heteroatoms. The van der Waals surface area contributed by atoms with Crippen LogP contribution in [0.15, 0.2) is 12.4 Å². The summed E-state index contributed by atoms with van der Waals surface area (Å²) in [6.07, 6.45) is 4.79. The number of sulfonamides is 1. The summed E-state index contributed by atoms with van der Waals surface area (Å²) in [7, 11) is -1.30. The van der Waals surface area contributed by atoms with Gasteiger partial charge < -0.3 is 5.32 Å². The molecule has 0 spiro atoms. The molecule has 1 rings (SSSR count). The van der Waals surface area contributed by atoms with Gasteiger partial charge in [-0.2, -0.15) is 0 Å². The lowest BCUT2D eigenvalue weighted by atomic mass is 10.3. The zero-order chi connectivity index (χ0) is 12.6. The fourth-order valence-corrected chi connectivity index (χ4v) is 2.46. The van der Waals surface area contributed by atoms with E-state index in [2.05, 4.69) is 20.4 Å². The molecule has 1 aromatic heterocycles. The number of hydrogen-bond donors (Lipinski definition) is 2. The smallest absolute Gasteiger partial charge is 0.211 e. The Morgan fingerprint density at radius 2 is 2.12 bits per heavy atom. The molecular formula is C9H19N5O2S. The van der Waals surface area contributed by atoms with Gasteiger partial charge in [-0.1, -0.05) is 5.21 Å². The number of hydrogen-bond acceptors (Lipinski definition) is 5. The summed E-state index contributed by atoms with van der Waals surface area (Å²) in [5.41, 5.74) is 0. The second kappa shape index (κ2) is 7.36. The summed E-state index contributed by atoms with van der Waals surface area (Å²) in [4.78, 5) is 0. The van der Waals surface area contributed by atoms with Gasteiger partial charge in [0.05, 0.1) is 18.5 Å². The van der Waals surface area contributed by atoms with Crippen LogP contribution < -0.4 is 10.0 Å². The second-order valence-corrected chi connectivity index (χ2v) is 5.62. The summed E-state index contributed by atoms with van der Waals surface area (Å²) in [6, 6.07) is 0. The highest BCUT2D eigenvalue weighted by Crippen LogP contribution is 1.93. The predicted molar refractivity (Wildman–Crippen MR) is 65.0 cm³/mol. The Morgan fingerprint density at radius 3 is 2.76 bits per heavy atom. The molecule has 2 N–H and O–H groups in total. The minimum Gasteiger partial charge on any atom is -0.320 e. The van der Waals surface area contributed by atoms with Gasteiger partial charge in [0, 0.05) is 12.7 Å². The molecule has 17 heavy (non-hydrogen) atoms. The number of unbranched alkanes of at least 4 members (excludes halogenated alkanes) is 1. The van der Waals surface area contributed by atoms with Gasteiger partial charge in [0.1, 0.15) is 0 Å². The lowest BCUT2D eigenvalue weighted by Gasteiger charge is -2.06. The number of rotatable bonds is 9. The van der Waals surface area contributed by atoms with Crippen molar-refractivity contribution in [1.29, 1.82) is 0 Å². The molecule has 0 saturated carbocycles. The average Bonchev–Trinajstić information content (AvgIpc) is 2.77. The van der Waals surface area contributed by atoms with E-state index in [9.17, 15) is 8.42 Å². The highest BCUT2D eigenvalue weighted by molar-refractivity contribution is 7.89. The first kappa shape index (κ1) is 14.1. The molecule has 0 amide bonds. The maximum Gasteiger partial charge on any atom is 0.211 e. The fraction of sp³-hybridized carbons (Fsp3) is 0.778. The van der Waals surface area contributed by atoms with Gasteiger partial charge in [0.15, 0.2) is 0 Å². The minimum absolute atomic E-state index is 0.173. The van der Waals surface area contributed by atoms with E-state index in [-0.39, 0.29) is 5.75 Å². The van der Waals surface area contributed by atoms with Crippen molar-refractivity contribution in [1.82, 2.24) is 25.0 Å². The third kappa shape index (κ3) is 6.35. The van der Waals surface area contributed by atoms with Gasteiger partial charge in [-0.25, -0.2) is 13.1 Å². The van der Waals surface area contributed by atoms with E-state index in [0.29, 0.717) is 19.5 Å². The second-order valence-electron chi connectivity index (χ2n) is 3.69. The third-order valence-electron chi connectivity index (χ3n) is 2.22. The van der Waals surface area contributed by atoms with Crippen LogP contribution in [0.4, 0.5) is 0 Å². The van der Waals surface area contributed by atoms with Crippen LogP contribution >= 0.6 is 0 Å². The maximum atomic E-state index is 11.5. The standard InChI is InChI=1S/C9H19N5O2S/c1-10-4-2-3-9-17(15,16)12-6-8-14-7-5-11-13-14/h5,7,10,12H,2-4,6,8-9H2,1H3. The van der Waals surface area contributed by atoms with Crippen LogP contribution in [0.3, 0.4) is 0 Å². The molecule has 1 heterocycles. The lowest BCUT2D eigenvalue weighted by Crippen LogP contribution is -2.30. The normalized spacial score (nSPS) is 11.8. The van der Waals surface area contributed by atoms with E-state index in [0.717, 1.165) is 13.0 Å². The molecular weight excluding hydrogens is 242 g/mol. The molecule has 0 unspecified atom stereocenters. The van der Waals surface area contributed by atoms with Crippen LogP contribution in [0.2, 0.25) is 0 Å². The highest BCUT2D eigenvalue weighted by atomic mass is 32.2. The van der Waals surface area contributed by atoms with Crippen LogP contribution in [-0.2, 0) is 16.6 Å². The number of aromatic nitrogens is 3. The molecule has 0 aliphatic rings. The first-order valence-corrected chi connectivity index (χ1v) is 7.25. The van der Waals surface area contributed by atoms with Gasteiger partial charge >= 0.3 is 0 Å². The first-order valence-electron chi connectivity index (χ1n) is 5.60. The predicted octanol–water partition coefficient (Wildman–Crippen LogP) is -0.803. The molecule has 0 fully saturated rings. The molecule has 0 bridgehead atoms. The zero-order valence-corrected chi connectivity index (χ0v) is 10.8. The van der Waals surface area contributed by atoms with Crippen molar-refractivity contribution < 1.29 is 8.42 Å². The summed E-state index contributed by atoms with van der Waals surface area (Å²) >= 11 is 0. The molecule has 98 valence electrons. The first-order chi connectivity index (χ1) is 8.14. The highest BCUT2D eigenvalue weighted by Gasteiger charge is 2.08. The van der Waals surface area contributed by atoms with Crippen LogP contribution in [0.5, 0.6) is 0 Å². The van der Waals surface area contributed by atoms with Crippen molar-refractivity contribution in [3.8, 4) is 0 Å². The molecule has 0 aromatic carbocycles. The quantitative estimate of drug-likeness (QED) is 0.568. The van der Waals surface area contributed by atoms with Gasteiger partial charge in [-0.3, -0.25) is 4.68 Å². The average molecular weight is 261 g/mol. The van der Waals surface area contributed by atoms with E-state index in [1.165, 1.54) is 0 Å². The summed E-state index contributed by atoms with van der Waals surface area (Å²) in [6.45, 7) is 1.68. The molecule has 1 aromatic rings. The Balaban J connectivity index is 2.16. The van der Waals surface area contributed by atoms with Gasteiger partial charge in [-0.05, 0) is 26.4 Å². The Labute approximate surface area is 102 Å². The number of nitrogens with zero attached hydrogens (tertiary/aromatic N) is 3. The Bertz CT molecular complexity index is 390. The summed E-state index contributed by atoms with van der Waals surface area (Å²) in [5.74, 6) is 0.173. The Morgan fingerprint density at radius 1 is 1.29 bits per heavy atom. The molecule has 0 radical (unpaired) electrons. The third-order valence-corrected chi connectivity index (χ3v) is 3.69. The van der Waals surface area contributed by atoms with E-state index >= 15 is 0 Å². The van der Waals surface area contributed by atoms with E-state index in [4.69, 9.17) is 0 Å². The minimum atomic E-state index is -3.15. The van der Waals surface area contributed by atoms with E-state index in [1.54, 1.807) is 17.1 Å². The molecule has 7 nitrogen and oxygen atoms in total. The van der Waals surface area contributed by atoms with Crippen molar-refractivity contribution in [3.05, 3.63) is 12.4 Å². The van der Waals surface area contributed by atoms with Crippen molar-refractivity contribution >= 4 is 10.0 Å². The Hall–Kier alpha value is -0.990. The fourth-order valence-electron chi connectivity index (χ4n) is 1.33. The van der Waals surface area contributed by atoms with E-state index in [1.807, 2.05) is 7.05 Å². The molecule has 0 saturated heterocycles. The maximum absolute atomic E-state index is 11.5. The molecule has 0 aliphatic carbocycles. The van der Waals surface area contributed by atoms with Crippen molar-refractivity contribution in [2.75, 3.05) is 25.9 Å².